The number of nitrogens with one attached hydrogen (secondary N) is 1. The number of benzene rings is 2. The lowest BCUT2D eigenvalue weighted by Gasteiger charge is -2.32. The Morgan fingerprint density at radius 1 is 1.12 bits per heavy atom. The molecular weight excluding hydrogens is 435 g/mol. The first-order valence-electron chi connectivity index (χ1n) is 11.5. The molecule has 0 aliphatic carbocycles. The molecule has 1 aliphatic heterocycles. The number of hydrogen-bond acceptors (Lipinski definition) is 5. The molecule has 4 rings (SSSR count). The van der Waals surface area contributed by atoms with Gasteiger partial charge in [0.25, 0.3) is 5.56 Å². The van der Waals surface area contributed by atoms with E-state index in [1.807, 2.05) is 43.0 Å². The maximum atomic E-state index is 13.6. The van der Waals surface area contributed by atoms with Crippen molar-refractivity contribution in [3.8, 4) is 11.4 Å². The lowest BCUT2D eigenvalue weighted by molar-refractivity contribution is -0.125. The van der Waals surface area contributed by atoms with Crippen molar-refractivity contribution in [2.24, 2.45) is 5.92 Å². The summed E-state index contributed by atoms with van der Waals surface area (Å²) in [5.41, 5.74) is 1.07. The molecule has 178 valence electrons. The first kappa shape index (κ1) is 23.5. The summed E-state index contributed by atoms with van der Waals surface area (Å²) in [6, 6.07) is 16.6. The molecule has 0 spiro atoms. The SMILES string of the molecule is CC(C)Oc1ccc(CNC(=O)C2CCN(c3ccc(=O)n(-c4cccc(F)c4)n3)CC2)cc1. The number of rotatable bonds is 7. The Morgan fingerprint density at radius 2 is 1.85 bits per heavy atom. The number of hydrogen-bond donors (Lipinski definition) is 1. The lowest BCUT2D eigenvalue weighted by Crippen LogP contribution is -2.41. The van der Waals surface area contributed by atoms with Crippen LogP contribution in [-0.2, 0) is 11.3 Å². The first-order valence-corrected chi connectivity index (χ1v) is 11.5. The smallest absolute Gasteiger partial charge is 0.271 e. The quantitative estimate of drug-likeness (QED) is 0.577. The number of anilines is 1. The molecule has 3 aromatic rings. The largest absolute Gasteiger partial charge is 0.491 e. The van der Waals surface area contributed by atoms with Crippen molar-refractivity contribution in [2.45, 2.75) is 39.3 Å². The third-order valence-electron chi connectivity index (χ3n) is 5.79. The van der Waals surface area contributed by atoms with Gasteiger partial charge in [-0.15, -0.1) is 5.10 Å². The first-order chi connectivity index (χ1) is 16.4. The zero-order valence-corrected chi connectivity index (χ0v) is 19.4. The lowest BCUT2D eigenvalue weighted by atomic mass is 9.96. The number of amides is 1. The molecule has 8 heteroatoms. The number of piperidine rings is 1. The van der Waals surface area contributed by atoms with Crippen molar-refractivity contribution >= 4 is 11.7 Å². The minimum atomic E-state index is -0.428. The van der Waals surface area contributed by atoms with E-state index in [1.54, 1.807) is 18.2 Å². The van der Waals surface area contributed by atoms with Gasteiger partial charge >= 0.3 is 0 Å². The molecule has 1 fully saturated rings. The van der Waals surface area contributed by atoms with Crippen LogP contribution in [0.1, 0.15) is 32.3 Å². The Bertz CT molecular complexity index is 1190. The van der Waals surface area contributed by atoms with E-state index in [4.69, 9.17) is 4.74 Å². The number of ether oxygens (including phenoxy) is 1. The Labute approximate surface area is 198 Å². The maximum Gasteiger partial charge on any atom is 0.271 e. The average Bonchev–Trinajstić information content (AvgIpc) is 2.83. The van der Waals surface area contributed by atoms with E-state index in [-0.39, 0.29) is 23.5 Å². The summed E-state index contributed by atoms with van der Waals surface area (Å²) in [6.45, 7) is 5.73. The molecule has 1 aromatic heterocycles. The zero-order valence-electron chi connectivity index (χ0n) is 19.4. The highest BCUT2D eigenvalue weighted by molar-refractivity contribution is 5.79. The Morgan fingerprint density at radius 3 is 2.53 bits per heavy atom. The van der Waals surface area contributed by atoms with Gasteiger partial charge in [0.15, 0.2) is 0 Å². The molecule has 1 N–H and O–H groups in total. The molecule has 1 aliphatic rings. The summed E-state index contributed by atoms with van der Waals surface area (Å²) < 4.78 is 20.4. The summed E-state index contributed by atoms with van der Waals surface area (Å²) in [5.74, 6) is 0.984. The molecule has 1 saturated heterocycles. The maximum absolute atomic E-state index is 13.6. The van der Waals surface area contributed by atoms with Crippen molar-refractivity contribution < 1.29 is 13.9 Å². The number of halogens is 1. The van der Waals surface area contributed by atoms with Gasteiger partial charge in [0, 0.05) is 31.6 Å². The van der Waals surface area contributed by atoms with Crippen LogP contribution in [-0.4, -0.2) is 34.9 Å². The topological polar surface area (TPSA) is 76.5 Å². The van der Waals surface area contributed by atoms with Gasteiger partial charge in [0.1, 0.15) is 17.4 Å². The fraction of sp³-hybridized carbons (Fsp3) is 0.346. The highest BCUT2D eigenvalue weighted by atomic mass is 19.1. The van der Waals surface area contributed by atoms with Gasteiger partial charge in [-0.2, -0.15) is 4.68 Å². The molecule has 7 nitrogen and oxygen atoms in total. The third kappa shape index (κ3) is 5.81. The van der Waals surface area contributed by atoms with Gasteiger partial charge in [-0.25, -0.2) is 4.39 Å². The summed E-state index contributed by atoms with van der Waals surface area (Å²) in [4.78, 5) is 27.0. The second-order valence-corrected chi connectivity index (χ2v) is 8.71. The van der Waals surface area contributed by atoms with Gasteiger partial charge in [0.2, 0.25) is 5.91 Å². The van der Waals surface area contributed by atoms with E-state index in [0.29, 0.717) is 44.0 Å². The molecule has 2 aromatic carbocycles. The monoisotopic (exact) mass is 464 g/mol. The molecule has 34 heavy (non-hydrogen) atoms. The van der Waals surface area contributed by atoms with E-state index in [1.165, 1.54) is 22.9 Å². The molecule has 0 bridgehead atoms. The molecular formula is C26H29FN4O3. The standard InChI is InChI=1S/C26H29FN4O3/c1-18(2)34-23-8-6-19(7-9-23)17-28-26(33)20-12-14-30(15-13-20)24-10-11-25(32)31(29-24)22-5-3-4-21(27)16-22/h3-11,16,18,20H,12-15,17H2,1-2H3,(H,28,33). The summed E-state index contributed by atoms with van der Waals surface area (Å²) >= 11 is 0. The minimum Gasteiger partial charge on any atom is -0.491 e. The number of carbonyl (C=O) groups is 1. The van der Waals surface area contributed by atoms with Crippen LogP contribution < -0.4 is 20.5 Å². The van der Waals surface area contributed by atoms with Gasteiger partial charge in [-0.1, -0.05) is 18.2 Å². The van der Waals surface area contributed by atoms with Crippen LogP contribution >= 0.6 is 0 Å². The predicted octanol–water partition coefficient (Wildman–Crippen LogP) is 3.69. The Balaban J connectivity index is 1.32. The Hall–Kier alpha value is -3.68. The van der Waals surface area contributed by atoms with Gasteiger partial charge in [-0.3, -0.25) is 9.59 Å². The molecule has 2 heterocycles. The molecule has 0 unspecified atom stereocenters. The molecule has 0 radical (unpaired) electrons. The summed E-state index contributed by atoms with van der Waals surface area (Å²) in [7, 11) is 0. The number of nitrogens with zero attached hydrogens (tertiary/aromatic N) is 3. The molecule has 0 atom stereocenters. The van der Waals surface area contributed by atoms with E-state index in [2.05, 4.69) is 10.4 Å². The second-order valence-electron chi connectivity index (χ2n) is 8.71. The highest BCUT2D eigenvalue weighted by Crippen LogP contribution is 2.22. The van der Waals surface area contributed by atoms with Crippen LogP contribution in [0.2, 0.25) is 0 Å². The van der Waals surface area contributed by atoms with Gasteiger partial charge in [-0.05, 0) is 68.7 Å². The van der Waals surface area contributed by atoms with E-state index < -0.39 is 5.82 Å². The van der Waals surface area contributed by atoms with Crippen molar-refractivity contribution in [2.75, 3.05) is 18.0 Å². The second kappa shape index (κ2) is 10.5. The fourth-order valence-electron chi connectivity index (χ4n) is 4.03. The van der Waals surface area contributed by atoms with E-state index in [0.717, 1.165) is 11.3 Å². The van der Waals surface area contributed by atoms with Gasteiger partial charge in [0.05, 0.1) is 11.8 Å². The van der Waals surface area contributed by atoms with Crippen LogP contribution in [0.25, 0.3) is 5.69 Å². The molecule has 0 saturated carbocycles. The van der Waals surface area contributed by atoms with Crippen molar-refractivity contribution in [1.29, 1.82) is 0 Å². The van der Waals surface area contributed by atoms with Crippen molar-refractivity contribution in [3.63, 3.8) is 0 Å². The predicted molar refractivity (Wildman–Crippen MR) is 129 cm³/mol. The van der Waals surface area contributed by atoms with Crippen LogP contribution in [0.5, 0.6) is 5.75 Å². The minimum absolute atomic E-state index is 0.0415. The van der Waals surface area contributed by atoms with Crippen LogP contribution in [0.3, 0.4) is 0 Å². The third-order valence-corrected chi connectivity index (χ3v) is 5.79. The Kier molecular flexibility index (Phi) is 7.25. The van der Waals surface area contributed by atoms with Crippen LogP contribution in [0, 0.1) is 11.7 Å². The molecule has 1 amide bonds. The summed E-state index contributed by atoms with van der Waals surface area (Å²) in [6.07, 6.45) is 1.50. The van der Waals surface area contributed by atoms with Crippen LogP contribution in [0.15, 0.2) is 65.5 Å². The fourth-order valence-corrected chi connectivity index (χ4v) is 4.03. The van der Waals surface area contributed by atoms with Crippen molar-refractivity contribution in [3.05, 3.63) is 82.4 Å². The van der Waals surface area contributed by atoms with E-state index >= 15 is 0 Å². The summed E-state index contributed by atoms with van der Waals surface area (Å²) in [5, 5.41) is 7.46. The zero-order chi connectivity index (χ0) is 24.1. The van der Waals surface area contributed by atoms with E-state index in [9.17, 15) is 14.0 Å². The highest BCUT2D eigenvalue weighted by Gasteiger charge is 2.26. The number of carbonyl (C=O) groups excluding carboxylic acids is 1. The van der Waals surface area contributed by atoms with Crippen molar-refractivity contribution in [1.82, 2.24) is 15.1 Å². The normalized spacial score (nSPS) is 14.3. The number of aromatic nitrogens is 2. The average molecular weight is 465 g/mol. The van der Waals surface area contributed by atoms with Gasteiger partial charge < -0.3 is 15.0 Å². The van der Waals surface area contributed by atoms with Crippen LogP contribution in [0.4, 0.5) is 10.2 Å².